The van der Waals surface area contributed by atoms with E-state index >= 15 is 0 Å². The maximum Gasteiger partial charge on any atom is 0.334 e. The van der Waals surface area contributed by atoms with Crippen molar-refractivity contribution in [3.05, 3.63) is 85.8 Å². The maximum absolute atomic E-state index is 12.4. The third-order valence-corrected chi connectivity index (χ3v) is 4.52. The molecule has 3 heterocycles. The van der Waals surface area contributed by atoms with Crippen molar-refractivity contribution in [3.8, 4) is 5.69 Å². The van der Waals surface area contributed by atoms with Crippen LogP contribution in [0, 0.1) is 0 Å². The van der Waals surface area contributed by atoms with Gasteiger partial charge in [0.2, 0.25) is 0 Å². The van der Waals surface area contributed by atoms with Crippen molar-refractivity contribution in [2.24, 2.45) is 0 Å². The summed E-state index contributed by atoms with van der Waals surface area (Å²) < 4.78 is 1.47. The van der Waals surface area contributed by atoms with E-state index in [1.165, 1.54) is 4.57 Å². The highest BCUT2D eigenvalue weighted by Crippen LogP contribution is 2.22. The van der Waals surface area contributed by atoms with Crippen molar-refractivity contribution in [3.63, 3.8) is 0 Å². The Morgan fingerprint density at radius 1 is 1.15 bits per heavy atom. The first-order valence-electron chi connectivity index (χ1n) is 8.11. The van der Waals surface area contributed by atoms with Gasteiger partial charge in [0.25, 0.3) is 5.56 Å². The molecular weight excluding hydrogens is 354 g/mol. The first-order valence-corrected chi connectivity index (χ1v) is 8.49. The van der Waals surface area contributed by atoms with Crippen LogP contribution in [0.5, 0.6) is 0 Å². The minimum atomic E-state index is -0.482. The molecule has 7 nitrogen and oxygen atoms in total. The molecular formula is C18H16ClN5O2. The van der Waals surface area contributed by atoms with E-state index in [-0.39, 0.29) is 5.56 Å². The summed E-state index contributed by atoms with van der Waals surface area (Å²) in [4.78, 5) is 33.3. The number of rotatable bonds is 3. The van der Waals surface area contributed by atoms with Gasteiger partial charge in [0.1, 0.15) is 5.82 Å². The highest BCUT2D eigenvalue weighted by Gasteiger charge is 2.23. The molecule has 0 spiro atoms. The average Bonchev–Trinajstić information content (AvgIpc) is 2.64. The number of nitrogens with zero attached hydrogens (tertiary/aromatic N) is 3. The van der Waals surface area contributed by atoms with E-state index < -0.39 is 5.69 Å². The van der Waals surface area contributed by atoms with Gasteiger partial charge in [-0.15, -0.1) is 0 Å². The minimum absolute atomic E-state index is 0.376. The average molecular weight is 370 g/mol. The quantitative estimate of drug-likeness (QED) is 0.737. The molecule has 0 unspecified atom stereocenters. The van der Waals surface area contributed by atoms with Crippen molar-refractivity contribution < 1.29 is 0 Å². The Morgan fingerprint density at radius 3 is 2.69 bits per heavy atom. The fourth-order valence-electron chi connectivity index (χ4n) is 3.07. The third-order valence-electron chi connectivity index (χ3n) is 4.27. The van der Waals surface area contributed by atoms with E-state index in [4.69, 9.17) is 11.6 Å². The largest absolute Gasteiger partial charge is 0.358 e. The van der Waals surface area contributed by atoms with Gasteiger partial charge in [-0.3, -0.25) is 19.7 Å². The Kier molecular flexibility index (Phi) is 4.32. The van der Waals surface area contributed by atoms with E-state index in [0.717, 1.165) is 5.56 Å². The maximum atomic E-state index is 12.4. The first kappa shape index (κ1) is 16.6. The fourth-order valence-corrected chi connectivity index (χ4v) is 3.20. The number of benzene rings is 1. The van der Waals surface area contributed by atoms with Gasteiger partial charge in [-0.1, -0.05) is 17.7 Å². The van der Waals surface area contributed by atoms with Gasteiger partial charge in [0.15, 0.2) is 0 Å². The van der Waals surface area contributed by atoms with Crippen LogP contribution in [0.3, 0.4) is 0 Å². The summed E-state index contributed by atoms with van der Waals surface area (Å²) in [6.07, 6.45) is 3.52. The predicted octanol–water partition coefficient (Wildman–Crippen LogP) is 1.96. The Morgan fingerprint density at radius 2 is 1.96 bits per heavy atom. The number of nitrogens with one attached hydrogen (secondary N) is 2. The normalized spacial score (nSPS) is 13.9. The standard InChI is InChI=1S/C18H16ClN5O2/c19-13-3-5-14(6-4-13)24-16-15(17(25)22-18(24)26)10-23(11-21-16)9-12-2-1-7-20-8-12/h1-8,21H,9-11H2,(H,22,25,26). The molecule has 2 aromatic heterocycles. The first-order chi connectivity index (χ1) is 12.6. The van der Waals surface area contributed by atoms with Gasteiger partial charge >= 0.3 is 5.69 Å². The third kappa shape index (κ3) is 3.14. The number of pyridine rings is 1. The van der Waals surface area contributed by atoms with E-state index in [1.54, 1.807) is 36.7 Å². The van der Waals surface area contributed by atoms with Gasteiger partial charge in [0.05, 0.1) is 17.9 Å². The number of aromatic amines is 1. The van der Waals surface area contributed by atoms with Gasteiger partial charge in [-0.05, 0) is 35.9 Å². The van der Waals surface area contributed by atoms with Gasteiger partial charge < -0.3 is 5.32 Å². The summed E-state index contributed by atoms with van der Waals surface area (Å²) >= 11 is 5.93. The molecule has 8 heteroatoms. The molecule has 1 aliphatic rings. The molecule has 0 saturated carbocycles. The van der Waals surface area contributed by atoms with Crippen LogP contribution >= 0.6 is 11.6 Å². The van der Waals surface area contributed by atoms with Crippen LogP contribution in [0.1, 0.15) is 11.1 Å². The summed E-state index contributed by atoms with van der Waals surface area (Å²) in [5.41, 5.74) is 1.36. The molecule has 26 heavy (non-hydrogen) atoms. The van der Waals surface area contributed by atoms with Crippen LogP contribution in [0.4, 0.5) is 5.82 Å². The lowest BCUT2D eigenvalue weighted by atomic mass is 10.2. The number of anilines is 1. The van der Waals surface area contributed by atoms with Crippen molar-refractivity contribution in [2.75, 3.05) is 12.0 Å². The molecule has 0 saturated heterocycles. The molecule has 0 radical (unpaired) electrons. The second-order valence-corrected chi connectivity index (χ2v) is 6.52. The van der Waals surface area contributed by atoms with E-state index in [9.17, 15) is 9.59 Å². The summed E-state index contributed by atoms with van der Waals surface area (Å²) in [5, 5.41) is 3.79. The predicted molar refractivity (Wildman–Crippen MR) is 99.6 cm³/mol. The fraction of sp³-hybridized carbons (Fsp3) is 0.167. The number of halogens is 1. The van der Waals surface area contributed by atoms with E-state index in [0.29, 0.717) is 41.8 Å². The zero-order valence-electron chi connectivity index (χ0n) is 13.8. The summed E-state index contributed by atoms with van der Waals surface area (Å²) in [6.45, 7) is 1.60. The SMILES string of the molecule is O=c1[nH]c(=O)n(-c2ccc(Cl)cc2)c2c1CN(Cc1cccnc1)CN2. The number of fused-ring (bicyclic) bond motifs is 1. The Bertz CT molecular complexity index is 1040. The Balaban J connectivity index is 1.71. The topological polar surface area (TPSA) is 83.0 Å². The van der Waals surface area contributed by atoms with Crippen LogP contribution in [0.2, 0.25) is 5.02 Å². The Hall–Kier alpha value is -2.90. The lowest BCUT2D eigenvalue weighted by molar-refractivity contribution is 0.263. The van der Waals surface area contributed by atoms with Crippen molar-refractivity contribution in [1.29, 1.82) is 0 Å². The zero-order valence-corrected chi connectivity index (χ0v) is 14.5. The van der Waals surface area contributed by atoms with Gasteiger partial charge in [-0.25, -0.2) is 9.36 Å². The van der Waals surface area contributed by atoms with Gasteiger partial charge in [0, 0.05) is 30.5 Å². The molecule has 0 atom stereocenters. The van der Waals surface area contributed by atoms with Crippen LogP contribution in [-0.4, -0.2) is 26.1 Å². The van der Waals surface area contributed by atoms with Crippen LogP contribution in [-0.2, 0) is 13.1 Å². The van der Waals surface area contributed by atoms with Crippen molar-refractivity contribution >= 4 is 17.4 Å². The molecule has 2 N–H and O–H groups in total. The highest BCUT2D eigenvalue weighted by molar-refractivity contribution is 6.30. The number of hydrogen-bond donors (Lipinski definition) is 2. The molecule has 4 rings (SSSR count). The molecule has 3 aromatic rings. The monoisotopic (exact) mass is 369 g/mol. The smallest absolute Gasteiger partial charge is 0.334 e. The second kappa shape index (κ2) is 6.78. The van der Waals surface area contributed by atoms with Gasteiger partial charge in [-0.2, -0.15) is 0 Å². The van der Waals surface area contributed by atoms with Crippen LogP contribution in [0.15, 0.2) is 58.4 Å². The second-order valence-electron chi connectivity index (χ2n) is 6.08. The Labute approximate surface area is 153 Å². The van der Waals surface area contributed by atoms with Crippen LogP contribution in [0.25, 0.3) is 5.69 Å². The van der Waals surface area contributed by atoms with E-state index in [2.05, 4.69) is 20.2 Å². The highest BCUT2D eigenvalue weighted by atomic mass is 35.5. The molecule has 0 fully saturated rings. The van der Waals surface area contributed by atoms with E-state index in [1.807, 2.05) is 12.1 Å². The molecule has 1 aliphatic heterocycles. The molecule has 1 aromatic carbocycles. The van der Waals surface area contributed by atoms with Crippen molar-refractivity contribution in [2.45, 2.75) is 13.1 Å². The lowest BCUT2D eigenvalue weighted by Crippen LogP contribution is -2.42. The molecule has 132 valence electrons. The van der Waals surface area contributed by atoms with Crippen molar-refractivity contribution in [1.82, 2.24) is 19.4 Å². The molecule has 0 bridgehead atoms. The number of H-pyrrole nitrogens is 1. The van der Waals surface area contributed by atoms with Crippen LogP contribution < -0.4 is 16.6 Å². The summed E-state index contributed by atoms with van der Waals surface area (Å²) in [6, 6.07) is 10.8. The lowest BCUT2D eigenvalue weighted by Gasteiger charge is -2.30. The zero-order chi connectivity index (χ0) is 18.1. The number of hydrogen-bond acceptors (Lipinski definition) is 5. The molecule has 0 amide bonds. The molecule has 0 aliphatic carbocycles. The summed E-state index contributed by atoms with van der Waals surface area (Å²) in [5.74, 6) is 0.517. The number of aromatic nitrogens is 3. The summed E-state index contributed by atoms with van der Waals surface area (Å²) in [7, 11) is 0. The minimum Gasteiger partial charge on any atom is -0.358 e.